The average Bonchev–Trinajstić information content (AvgIpc) is 2.31. The Kier molecular flexibility index (Phi) is 1.46. The second-order valence-electron chi connectivity index (χ2n) is 3.28. The lowest BCUT2D eigenvalue weighted by molar-refractivity contribution is 1.23. The molecule has 3 heteroatoms. The predicted molar refractivity (Wildman–Crippen MR) is 53.7 cm³/mol. The fourth-order valence-corrected chi connectivity index (χ4v) is 1.43. The van der Waals surface area contributed by atoms with Gasteiger partial charge < -0.3 is 4.98 Å². The molecule has 12 heavy (non-hydrogen) atoms. The van der Waals surface area contributed by atoms with Crippen LogP contribution >= 0.6 is 0 Å². The highest BCUT2D eigenvalue weighted by atomic mass is 14.9. The molecule has 0 saturated heterocycles. The van der Waals surface area contributed by atoms with Gasteiger partial charge >= 0.3 is 0 Å². The van der Waals surface area contributed by atoms with Gasteiger partial charge in [-0.25, -0.2) is 4.98 Å². The standard InChI is InChI=1S/C9H11BN2/c1-5-6(2)12-9-8(5)3-7(10)4-11-9/h3-4H,10H2,1-2H3,(H,11,12). The largest absolute Gasteiger partial charge is 0.343 e. The Labute approximate surface area is 72.4 Å². The summed E-state index contributed by atoms with van der Waals surface area (Å²) >= 11 is 0. The third-order valence-corrected chi connectivity index (χ3v) is 2.30. The molecule has 0 saturated carbocycles. The lowest BCUT2D eigenvalue weighted by Crippen LogP contribution is -2.01. The van der Waals surface area contributed by atoms with Crippen LogP contribution in [0.15, 0.2) is 12.3 Å². The summed E-state index contributed by atoms with van der Waals surface area (Å²) in [5.41, 5.74) is 4.73. The number of hydrogen-bond donors (Lipinski definition) is 1. The summed E-state index contributed by atoms with van der Waals surface area (Å²) in [6.45, 7) is 4.20. The zero-order valence-electron chi connectivity index (χ0n) is 7.60. The monoisotopic (exact) mass is 158 g/mol. The van der Waals surface area contributed by atoms with E-state index in [2.05, 4.69) is 37.7 Å². The number of nitrogens with one attached hydrogen (secondary N) is 1. The first-order valence-electron chi connectivity index (χ1n) is 4.10. The Bertz CT molecular complexity index is 431. The van der Waals surface area contributed by atoms with E-state index >= 15 is 0 Å². The summed E-state index contributed by atoms with van der Waals surface area (Å²) in [4.78, 5) is 7.55. The number of nitrogens with zero attached hydrogens (tertiary/aromatic N) is 1. The summed E-state index contributed by atoms with van der Waals surface area (Å²) in [6, 6.07) is 2.17. The zero-order chi connectivity index (χ0) is 8.72. The molecule has 0 amide bonds. The number of aromatic amines is 1. The Morgan fingerprint density at radius 3 is 2.92 bits per heavy atom. The van der Waals surface area contributed by atoms with Crippen LogP contribution in [0, 0.1) is 13.8 Å². The SMILES string of the molecule is Bc1cnc2[nH]c(C)c(C)c2c1. The van der Waals surface area contributed by atoms with Crippen molar-refractivity contribution in [3.05, 3.63) is 23.5 Å². The highest BCUT2D eigenvalue weighted by Gasteiger charge is 2.03. The van der Waals surface area contributed by atoms with Crippen molar-refractivity contribution in [3.8, 4) is 0 Å². The maximum Gasteiger partial charge on any atom is 0.141 e. The quantitative estimate of drug-likeness (QED) is 0.553. The van der Waals surface area contributed by atoms with Crippen molar-refractivity contribution < 1.29 is 0 Å². The van der Waals surface area contributed by atoms with Gasteiger partial charge in [-0.2, -0.15) is 0 Å². The molecular formula is C9H11BN2. The van der Waals surface area contributed by atoms with Gasteiger partial charge in [-0.3, -0.25) is 0 Å². The summed E-state index contributed by atoms with van der Waals surface area (Å²) in [6.07, 6.45) is 1.89. The fourth-order valence-electron chi connectivity index (χ4n) is 1.43. The number of H-pyrrole nitrogens is 1. The van der Waals surface area contributed by atoms with Gasteiger partial charge in [-0.15, -0.1) is 0 Å². The van der Waals surface area contributed by atoms with Crippen molar-refractivity contribution in [3.63, 3.8) is 0 Å². The average molecular weight is 158 g/mol. The fraction of sp³-hybridized carbons (Fsp3) is 0.222. The molecule has 0 atom stereocenters. The molecule has 2 nitrogen and oxygen atoms in total. The van der Waals surface area contributed by atoms with Crippen LogP contribution < -0.4 is 5.46 Å². The molecule has 2 aromatic heterocycles. The molecule has 0 aliphatic carbocycles. The summed E-state index contributed by atoms with van der Waals surface area (Å²) < 4.78 is 0. The van der Waals surface area contributed by atoms with Crippen molar-refractivity contribution in [1.82, 2.24) is 9.97 Å². The van der Waals surface area contributed by atoms with Crippen molar-refractivity contribution in [2.24, 2.45) is 0 Å². The number of rotatable bonds is 0. The maximum absolute atomic E-state index is 4.31. The van der Waals surface area contributed by atoms with Crippen LogP contribution in [0.2, 0.25) is 0 Å². The first kappa shape index (κ1) is 7.41. The van der Waals surface area contributed by atoms with Crippen LogP contribution in [0.3, 0.4) is 0 Å². The first-order chi connectivity index (χ1) is 5.68. The van der Waals surface area contributed by atoms with Crippen LogP contribution in [0.5, 0.6) is 0 Å². The van der Waals surface area contributed by atoms with E-state index in [0.717, 1.165) is 5.65 Å². The highest BCUT2D eigenvalue weighted by molar-refractivity contribution is 6.32. The van der Waals surface area contributed by atoms with E-state index in [1.165, 1.54) is 22.1 Å². The van der Waals surface area contributed by atoms with Crippen molar-refractivity contribution in [2.75, 3.05) is 0 Å². The van der Waals surface area contributed by atoms with Gasteiger partial charge in [0.25, 0.3) is 0 Å². The van der Waals surface area contributed by atoms with Crippen LogP contribution in [-0.2, 0) is 0 Å². The summed E-state index contributed by atoms with van der Waals surface area (Å²) in [7, 11) is 2.06. The molecule has 2 heterocycles. The van der Waals surface area contributed by atoms with Gasteiger partial charge in [0.1, 0.15) is 13.5 Å². The van der Waals surface area contributed by atoms with Gasteiger partial charge in [0, 0.05) is 17.3 Å². The number of hydrogen-bond acceptors (Lipinski definition) is 1. The summed E-state index contributed by atoms with van der Waals surface area (Å²) in [5, 5.41) is 1.24. The Morgan fingerprint density at radius 2 is 2.17 bits per heavy atom. The molecule has 0 radical (unpaired) electrons. The number of aryl methyl sites for hydroxylation is 2. The van der Waals surface area contributed by atoms with Gasteiger partial charge in [-0.05, 0) is 19.4 Å². The van der Waals surface area contributed by atoms with E-state index in [0.29, 0.717) is 0 Å². The summed E-state index contributed by atoms with van der Waals surface area (Å²) in [5.74, 6) is 0. The van der Waals surface area contributed by atoms with Crippen LogP contribution in [0.1, 0.15) is 11.3 Å². The van der Waals surface area contributed by atoms with Gasteiger partial charge in [0.15, 0.2) is 0 Å². The molecule has 60 valence electrons. The zero-order valence-corrected chi connectivity index (χ0v) is 7.60. The third kappa shape index (κ3) is 0.933. The van der Waals surface area contributed by atoms with Gasteiger partial charge in [0.2, 0.25) is 0 Å². The number of fused-ring (bicyclic) bond motifs is 1. The van der Waals surface area contributed by atoms with E-state index < -0.39 is 0 Å². The van der Waals surface area contributed by atoms with Crippen LogP contribution in [0.4, 0.5) is 0 Å². The second kappa shape index (κ2) is 2.37. The number of pyridine rings is 1. The van der Waals surface area contributed by atoms with E-state index in [1.54, 1.807) is 0 Å². The molecule has 0 bridgehead atoms. The minimum atomic E-state index is 0.996. The Hall–Kier alpha value is -1.25. The smallest absolute Gasteiger partial charge is 0.141 e. The Morgan fingerprint density at radius 1 is 1.42 bits per heavy atom. The molecule has 0 aromatic carbocycles. The minimum absolute atomic E-state index is 0.996. The van der Waals surface area contributed by atoms with E-state index in [1.807, 2.05) is 6.20 Å². The molecule has 2 rings (SSSR count). The molecule has 1 N–H and O–H groups in total. The molecule has 2 aromatic rings. The molecular weight excluding hydrogens is 147 g/mol. The molecule has 0 unspecified atom stereocenters. The molecule has 0 aliphatic heterocycles. The van der Waals surface area contributed by atoms with E-state index in [9.17, 15) is 0 Å². The lowest BCUT2D eigenvalue weighted by atomic mass is 9.97. The lowest BCUT2D eigenvalue weighted by Gasteiger charge is -1.92. The molecule has 0 spiro atoms. The third-order valence-electron chi connectivity index (χ3n) is 2.30. The van der Waals surface area contributed by atoms with E-state index in [4.69, 9.17) is 0 Å². The minimum Gasteiger partial charge on any atom is -0.343 e. The molecule has 0 fully saturated rings. The van der Waals surface area contributed by atoms with Crippen molar-refractivity contribution in [1.29, 1.82) is 0 Å². The van der Waals surface area contributed by atoms with Crippen LogP contribution in [0.25, 0.3) is 11.0 Å². The first-order valence-corrected chi connectivity index (χ1v) is 4.10. The second-order valence-corrected chi connectivity index (χ2v) is 3.28. The van der Waals surface area contributed by atoms with Crippen molar-refractivity contribution in [2.45, 2.75) is 13.8 Å². The maximum atomic E-state index is 4.31. The van der Waals surface area contributed by atoms with Crippen molar-refractivity contribution >= 4 is 24.3 Å². The topological polar surface area (TPSA) is 28.7 Å². The highest BCUT2D eigenvalue weighted by Crippen LogP contribution is 2.17. The van der Waals surface area contributed by atoms with Gasteiger partial charge in [-0.1, -0.05) is 11.5 Å². The van der Waals surface area contributed by atoms with Crippen LogP contribution in [-0.4, -0.2) is 17.8 Å². The van der Waals surface area contributed by atoms with E-state index in [-0.39, 0.29) is 0 Å². The Balaban J connectivity index is 2.88. The predicted octanol–water partition coefficient (Wildman–Crippen LogP) is 0.438. The normalized spacial score (nSPS) is 10.8. The molecule has 0 aliphatic rings. The number of aromatic nitrogens is 2. The van der Waals surface area contributed by atoms with Gasteiger partial charge in [0.05, 0.1) is 0 Å².